The van der Waals surface area contributed by atoms with Crippen LogP contribution in [0, 0.1) is 5.82 Å². The van der Waals surface area contributed by atoms with E-state index in [2.05, 4.69) is 10.6 Å². The summed E-state index contributed by atoms with van der Waals surface area (Å²) >= 11 is 0. The van der Waals surface area contributed by atoms with Crippen LogP contribution in [0.15, 0.2) is 72.8 Å². The molecule has 2 amide bonds. The molecule has 0 saturated carbocycles. The van der Waals surface area contributed by atoms with Gasteiger partial charge in [-0.05, 0) is 60.2 Å². The Morgan fingerprint density at radius 2 is 1.61 bits per heavy atom. The fourth-order valence-electron chi connectivity index (χ4n) is 2.53. The Kier molecular flexibility index (Phi) is 6.01. The van der Waals surface area contributed by atoms with Crippen molar-refractivity contribution >= 4 is 17.5 Å². The van der Waals surface area contributed by atoms with Crippen molar-refractivity contribution in [2.75, 3.05) is 12.4 Å². The van der Waals surface area contributed by atoms with E-state index in [1.807, 2.05) is 0 Å². The van der Waals surface area contributed by atoms with Crippen molar-refractivity contribution < 1.29 is 18.7 Å². The molecule has 0 atom stereocenters. The second-order valence-electron chi connectivity index (χ2n) is 6.05. The van der Waals surface area contributed by atoms with Crippen LogP contribution in [0.2, 0.25) is 0 Å². The Bertz CT molecular complexity index is 970. The minimum Gasteiger partial charge on any atom is -0.489 e. The van der Waals surface area contributed by atoms with Gasteiger partial charge in [-0.15, -0.1) is 0 Å². The highest BCUT2D eigenvalue weighted by Crippen LogP contribution is 2.17. The quantitative estimate of drug-likeness (QED) is 0.681. The molecule has 0 aromatic heterocycles. The van der Waals surface area contributed by atoms with Gasteiger partial charge >= 0.3 is 0 Å². The summed E-state index contributed by atoms with van der Waals surface area (Å²) in [5.41, 5.74) is 2.35. The summed E-state index contributed by atoms with van der Waals surface area (Å²) in [5, 5.41) is 5.32. The molecule has 0 spiro atoms. The van der Waals surface area contributed by atoms with E-state index in [0.717, 1.165) is 5.56 Å². The summed E-state index contributed by atoms with van der Waals surface area (Å²) in [7, 11) is 1.56. The van der Waals surface area contributed by atoms with Crippen molar-refractivity contribution in [1.82, 2.24) is 5.32 Å². The monoisotopic (exact) mass is 378 g/mol. The molecular weight excluding hydrogens is 359 g/mol. The number of ether oxygens (including phenoxy) is 1. The zero-order chi connectivity index (χ0) is 19.9. The van der Waals surface area contributed by atoms with Crippen LogP contribution in [0.3, 0.4) is 0 Å². The maximum atomic E-state index is 12.9. The normalized spacial score (nSPS) is 10.2. The fraction of sp³-hybridized carbons (Fsp3) is 0.0909. The predicted octanol–water partition coefficient (Wildman–Crippen LogP) is 4.02. The highest BCUT2D eigenvalue weighted by molar-refractivity contribution is 6.04. The molecule has 0 aliphatic heterocycles. The molecule has 3 aromatic rings. The third kappa shape index (κ3) is 4.94. The fourth-order valence-corrected chi connectivity index (χ4v) is 2.53. The highest BCUT2D eigenvalue weighted by Gasteiger charge is 2.09. The minimum absolute atomic E-state index is 0.191. The molecule has 142 valence electrons. The zero-order valence-corrected chi connectivity index (χ0v) is 15.2. The van der Waals surface area contributed by atoms with Gasteiger partial charge in [0, 0.05) is 23.9 Å². The number of halogens is 1. The first kappa shape index (κ1) is 19.1. The number of nitrogens with one attached hydrogen (secondary N) is 2. The molecule has 0 bridgehead atoms. The van der Waals surface area contributed by atoms with Gasteiger partial charge in [0.15, 0.2) is 0 Å². The van der Waals surface area contributed by atoms with Crippen LogP contribution in [0.25, 0.3) is 0 Å². The Labute approximate surface area is 162 Å². The molecule has 0 saturated heterocycles. The Hall–Kier alpha value is -3.67. The summed E-state index contributed by atoms with van der Waals surface area (Å²) in [4.78, 5) is 24.0. The molecule has 0 fully saturated rings. The highest BCUT2D eigenvalue weighted by atomic mass is 19.1. The van der Waals surface area contributed by atoms with Crippen LogP contribution in [0.5, 0.6) is 5.75 Å². The first-order valence-corrected chi connectivity index (χ1v) is 8.66. The molecule has 6 heteroatoms. The SMILES string of the molecule is CNC(=O)c1ccc(NC(=O)c2cccc(OCc3ccc(F)cc3)c2)cc1. The molecule has 0 unspecified atom stereocenters. The van der Waals surface area contributed by atoms with E-state index in [0.29, 0.717) is 22.6 Å². The molecule has 5 nitrogen and oxygen atoms in total. The summed E-state index contributed by atoms with van der Waals surface area (Å²) in [6, 6.07) is 19.4. The van der Waals surface area contributed by atoms with Gasteiger partial charge in [0.2, 0.25) is 0 Å². The van der Waals surface area contributed by atoms with Crippen LogP contribution in [0.1, 0.15) is 26.3 Å². The minimum atomic E-state index is -0.300. The van der Waals surface area contributed by atoms with Crippen molar-refractivity contribution in [3.05, 3.63) is 95.3 Å². The number of carbonyl (C=O) groups is 2. The molecule has 0 aliphatic carbocycles. The maximum absolute atomic E-state index is 12.9. The number of hydrogen-bond donors (Lipinski definition) is 2. The lowest BCUT2D eigenvalue weighted by atomic mass is 10.1. The summed E-state index contributed by atoms with van der Waals surface area (Å²) in [5.74, 6) is -0.249. The third-order valence-corrected chi connectivity index (χ3v) is 4.05. The standard InChI is InChI=1S/C22H19FN2O3/c1-24-21(26)16-7-11-19(12-8-16)25-22(27)17-3-2-4-20(13-17)28-14-15-5-9-18(23)10-6-15/h2-13H,14H2,1H3,(H,24,26)(H,25,27). The molecule has 0 heterocycles. The topological polar surface area (TPSA) is 67.4 Å². The second-order valence-corrected chi connectivity index (χ2v) is 6.05. The van der Waals surface area contributed by atoms with Gasteiger partial charge in [0.1, 0.15) is 18.2 Å². The number of anilines is 1. The smallest absolute Gasteiger partial charge is 0.255 e. The summed E-state index contributed by atoms with van der Waals surface area (Å²) < 4.78 is 18.6. The van der Waals surface area contributed by atoms with E-state index in [-0.39, 0.29) is 24.2 Å². The summed E-state index contributed by atoms with van der Waals surface area (Å²) in [6.07, 6.45) is 0. The molecular formula is C22H19FN2O3. The van der Waals surface area contributed by atoms with E-state index >= 15 is 0 Å². The third-order valence-electron chi connectivity index (χ3n) is 4.05. The van der Waals surface area contributed by atoms with E-state index in [9.17, 15) is 14.0 Å². The molecule has 3 aromatic carbocycles. The van der Waals surface area contributed by atoms with Crippen molar-refractivity contribution in [3.8, 4) is 5.75 Å². The predicted molar refractivity (Wildman–Crippen MR) is 105 cm³/mol. The Balaban J connectivity index is 1.63. The van der Waals surface area contributed by atoms with Gasteiger partial charge in [-0.25, -0.2) is 4.39 Å². The van der Waals surface area contributed by atoms with Crippen LogP contribution in [-0.4, -0.2) is 18.9 Å². The van der Waals surface area contributed by atoms with Crippen molar-refractivity contribution in [3.63, 3.8) is 0 Å². The number of amides is 2. The van der Waals surface area contributed by atoms with Gasteiger partial charge in [-0.3, -0.25) is 9.59 Å². The number of benzene rings is 3. The lowest BCUT2D eigenvalue weighted by molar-refractivity contribution is 0.0962. The van der Waals surface area contributed by atoms with Gasteiger partial charge in [-0.2, -0.15) is 0 Å². The molecule has 0 radical (unpaired) electrons. The van der Waals surface area contributed by atoms with E-state index < -0.39 is 0 Å². The first-order valence-electron chi connectivity index (χ1n) is 8.66. The number of carbonyl (C=O) groups excluding carboxylic acids is 2. The van der Waals surface area contributed by atoms with Gasteiger partial charge in [0.05, 0.1) is 0 Å². The largest absolute Gasteiger partial charge is 0.489 e. The van der Waals surface area contributed by atoms with E-state index in [1.54, 1.807) is 67.7 Å². The molecule has 2 N–H and O–H groups in total. The zero-order valence-electron chi connectivity index (χ0n) is 15.2. The van der Waals surface area contributed by atoms with E-state index in [4.69, 9.17) is 4.74 Å². The lowest BCUT2D eigenvalue weighted by Crippen LogP contribution is -2.17. The van der Waals surface area contributed by atoms with Gasteiger partial charge in [0.25, 0.3) is 11.8 Å². The summed E-state index contributed by atoms with van der Waals surface area (Å²) in [6.45, 7) is 0.270. The second kappa shape index (κ2) is 8.81. The number of hydrogen-bond acceptors (Lipinski definition) is 3. The van der Waals surface area contributed by atoms with E-state index in [1.165, 1.54) is 12.1 Å². The van der Waals surface area contributed by atoms with Gasteiger partial charge in [-0.1, -0.05) is 18.2 Å². The van der Waals surface area contributed by atoms with Crippen molar-refractivity contribution in [2.24, 2.45) is 0 Å². The van der Waals surface area contributed by atoms with Crippen molar-refractivity contribution in [2.45, 2.75) is 6.61 Å². The average Bonchev–Trinajstić information content (AvgIpc) is 2.73. The van der Waals surface area contributed by atoms with Gasteiger partial charge < -0.3 is 15.4 Å². The maximum Gasteiger partial charge on any atom is 0.255 e. The average molecular weight is 378 g/mol. The Morgan fingerprint density at radius 1 is 0.893 bits per heavy atom. The van der Waals surface area contributed by atoms with Crippen LogP contribution >= 0.6 is 0 Å². The molecule has 3 rings (SSSR count). The molecule has 28 heavy (non-hydrogen) atoms. The first-order chi connectivity index (χ1) is 13.5. The number of rotatable bonds is 6. The molecule has 0 aliphatic rings. The van der Waals surface area contributed by atoms with Crippen LogP contribution in [0.4, 0.5) is 10.1 Å². The van der Waals surface area contributed by atoms with Crippen LogP contribution < -0.4 is 15.4 Å². The Morgan fingerprint density at radius 3 is 2.29 bits per heavy atom. The van der Waals surface area contributed by atoms with Crippen LogP contribution in [-0.2, 0) is 6.61 Å². The lowest BCUT2D eigenvalue weighted by Gasteiger charge is -2.09. The van der Waals surface area contributed by atoms with Crippen molar-refractivity contribution in [1.29, 1.82) is 0 Å².